The van der Waals surface area contributed by atoms with Crippen LogP contribution in [0.2, 0.25) is 0 Å². The van der Waals surface area contributed by atoms with E-state index in [9.17, 15) is 4.79 Å². The maximum Gasteiger partial charge on any atom is 0.230 e. The Hall–Kier alpha value is -1.59. The molecular formula is C17H22N2O3. The molecule has 5 unspecified atom stereocenters. The van der Waals surface area contributed by atoms with Crippen molar-refractivity contribution in [1.29, 1.82) is 0 Å². The number of carbonyl (C=O) groups is 1. The van der Waals surface area contributed by atoms with Crippen LogP contribution in [0.15, 0.2) is 34.5 Å². The highest BCUT2D eigenvalue weighted by molar-refractivity contribution is 5.84. The highest BCUT2D eigenvalue weighted by atomic mass is 16.5. The van der Waals surface area contributed by atoms with Crippen molar-refractivity contribution in [3.8, 4) is 0 Å². The van der Waals surface area contributed by atoms with Crippen LogP contribution in [-0.2, 0) is 9.53 Å². The van der Waals surface area contributed by atoms with Crippen molar-refractivity contribution >= 4 is 5.91 Å². The van der Waals surface area contributed by atoms with Gasteiger partial charge in [0.1, 0.15) is 17.4 Å². The summed E-state index contributed by atoms with van der Waals surface area (Å²) in [6.45, 7) is 5.10. The first-order valence-electron chi connectivity index (χ1n) is 7.79. The van der Waals surface area contributed by atoms with Crippen molar-refractivity contribution in [3.05, 3.63) is 35.8 Å². The average molecular weight is 302 g/mol. The van der Waals surface area contributed by atoms with E-state index >= 15 is 0 Å². The number of hydrogen-bond donors (Lipinski definition) is 0. The molecule has 5 heteroatoms. The second-order valence-electron chi connectivity index (χ2n) is 7.05. The van der Waals surface area contributed by atoms with E-state index in [-0.39, 0.29) is 30.0 Å². The predicted octanol–water partition coefficient (Wildman–Crippen LogP) is 1.83. The molecular weight excluding hydrogens is 280 g/mol. The van der Waals surface area contributed by atoms with Crippen LogP contribution in [-0.4, -0.2) is 54.1 Å². The molecule has 0 N–H and O–H groups in total. The number of amides is 1. The number of likely N-dealkylation sites (N-methyl/N-ethyl adjacent to an activating group) is 2. The lowest BCUT2D eigenvalue weighted by Crippen LogP contribution is -2.54. The minimum Gasteiger partial charge on any atom is -0.467 e. The van der Waals surface area contributed by atoms with Crippen LogP contribution >= 0.6 is 0 Å². The van der Waals surface area contributed by atoms with Gasteiger partial charge in [0.15, 0.2) is 0 Å². The summed E-state index contributed by atoms with van der Waals surface area (Å²) in [5.74, 6) is 0.813. The summed E-state index contributed by atoms with van der Waals surface area (Å²) >= 11 is 0. The lowest BCUT2D eigenvalue weighted by atomic mass is 9.82. The molecule has 2 saturated heterocycles. The molecule has 0 radical (unpaired) electrons. The first kappa shape index (κ1) is 14.0. The number of rotatable bonds is 1. The van der Waals surface area contributed by atoms with E-state index < -0.39 is 5.60 Å². The van der Waals surface area contributed by atoms with Crippen molar-refractivity contribution in [3.63, 3.8) is 0 Å². The Morgan fingerprint density at radius 3 is 2.82 bits per heavy atom. The quantitative estimate of drug-likeness (QED) is 0.743. The topological polar surface area (TPSA) is 45.9 Å². The van der Waals surface area contributed by atoms with E-state index in [1.807, 2.05) is 19.2 Å². The van der Waals surface area contributed by atoms with Gasteiger partial charge in [0, 0.05) is 13.6 Å². The second kappa shape index (κ2) is 4.46. The Kier molecular flexibility index (Phi) is 2.84. The van der Waals surface area contributed by atoms with Gasteiger partial charge in [-0.25, -0.2) is 0 Å². The van der Waals surface area contributed by atoms with Crippen molar-refractivity contribution in [2.24, 2.45) is 5.92 Å². The summed E-state index contributed by atoms with van der Waals surface area (Å²) in [7, 11) is 3.93. The number of furan rings is 1. The van der Waals surface area contributed by atoms with Crippen LogP contribution in [0, 0.1) is 5.92 Å². The van der Waals surface area contributed by atoms with Crippen molar-refractivity contribution in [2.75, 3.05) is 20.6 Å². The van der Waals surface area contributed by atoms with E-state index in [1.54, 1.807) is 11.2 Å². The van der Waals surface area contributed by atoms with E-state index in [0.717, 1.165) is 12.3 Å². The zero-order chi connectivity index (χ0) is 15.6. The number of fused-ring (bicyclic) bond motifs is 3. The smallest absolute Gasteiger partial charge is 0.230 e. The van der Waals surface area contributed by atoms with Gasteiger partial charge >= 0.3 is 0 Å². The molecule has 0 bridgehead atoms. The first-order chi connectivity index (χ1) is 10.4. The fourth-order valence-electron chi connectivity index (χ4n) is 4.77. The Labute approximate surface area is 130 Å². The van der Waals surface area contributed by atoms with Gasteiger partial charge in [0.05, 0.1) is 24.3 Å². The lowest BCUT2D eigenvalue weighted by molar-refractivity contribution is -0.133. The average Bonchev–Trinajstić information content (AvgIpc) is 3.08. The molecule has 1 aromatic heterocycles. The number of hydrogen-bond acceptors (Lipinski definition) is 4. The SMILES string of the molecule is CC1=CC2(C)OC3C(C(=O)N(C)C3c3ccco3)C2N(C)C1. The molecule has 3 aliphatic rings. The summed E-state index contributed by atoms with van der Waals surface area (Å²) < 4.78 is 12.0. The van der Waals surface area contributed by atoms with Gasteiger partial charge in [-0.15, -0.1) is 0 Å². The maximum atomic E-state index is 12.9. The minimum atomic E-state index is -0.409. The van der Waals surface area contributed by atoms with Gasteiger partial charge in [0.25, 0.3) is 0 Å². The molecule has 5 nitrogen and oxygen atoms in total. The molecule has 0 aliphatic carbocycles. The van der Waals surface area contributed by atoms with Gasteiger partial charge in [0.2, 0.25) is 5.91 Å². The van der Waals surface area contributed by atoms with Gasteiger partial charge < -0.3 is 14.1 Å². The summed E-state index contributed by atoms with van der Waals surface area (Å²) in [6, 6.07) is 3.73. The Morgan fingerprint density at radius 1 is 1.36 bits per heavy atom. The summed E-state index contributed by atoms with van der Waals surface area (Å²) in [5, 5.41) is 0. The third kappa shape index (κ3) is 1.69. The summed E-state index contributed by atoms with van der Waals surface area (Å²) in [6.07, 6.45) is 3.69. The summed E-state index contributed by atoms with van der Waals surface area (Å²) in [4.78, 5) is 16.9. The molecule has 2 fully saturated rings. The number of nitrogens with zero attached hydrogens (tertiary/aromatic N) is 2. The van der Waals surface area contributed by atoms with Crippen LogP contribution in [0.25, 0.3) is 0 Å². The monoisotopic (exact) mass is 302 g/mol. The third-order valence-corrected chi connectivity index (χ3v) is 5.37. The van der Waals surface area contributed by atoms with Crippen LogP contribution in [0.3, 0.4) is 0 Å². The normalized spacial score (nSPS) is 41.5. The van der Waals surface area contributed by atoms with Gasteiger partial charge in [-0.1, -0.05) is 11.6 Å². The third-order valence-electron chi connectivity index (χ3n) is 5.37. The Bertz CT molecular complexity index is 638. The fourth-order valence-corrected chi connectivity index (χ4v) is 4.77. The van der Waals surface area contributed by atoms with E-state index in [1.165, 1.54) is 5.57 Å². The molecule has 1 amide bonds. The van der Waals surface area contributed by atoms with Crippen LogP contribution in [0.5, 0.6) is 0 Å². The molecule has 0 saturated carbocycles. The first-order valence-corrected chi connectivity index (χ1v) is 7.79. The van der Waals surface area contributed by atoms with E-state index in [2.05, 4.69) is 31.9 Å². The zero-order valence-corrected chi connectivity index (χ0v) is 13.4. The summed E-state index contributed by atoms with van der Waals surface area (Å²) in [5.41, 5.74) is 0.880. The van der Waals surface area contributed by atoms with Gasteiger partial charge in [-0.2, -0.15) is 0 Å². The number of carbonyl (C=O) groups excluding carboxylic acids is 1. The lowest BCUT2D eigenvalue weighted by Gasteiger charge is -2.41. The molecule has 3 aliphatic heterocycles. The molecule has 22 heavy (non-hydrogen) atoms. The Morgan fingerprint density at radius 2 is 2.14 bits per heavy atom. The number of likely N-dealkylation sites (tertiary alicyclic amines) is 1. The molecule has 1 aromatic rings. The van der Waals surface area contributed by atoms with Crippen LogP contribution < -0.4 is 0 Å². The molecule has 0 aromatic carbocycles. The highest BCUT2D eigenvalue weighted by Crippen LogP contribution is 2.51. The highest BCUT2D eigenvalue weighted by Gasteiger charge is 2.64. The van der Waals surface area contributed by atoms with Crippen LogP contribution in [0.1, 0.15) is 25.6 Å². The standard InChI is InChI=1S/C17H22N2O3/c1-10-8-17(2)15(18(3)9-10)12-14(22-17)13(19(4)16(12)20)11-6-5-7-21-11/h5-8,12-15H,9H2,1-4H3. The Balaban J connectivity index is 1.78. The number of ether oxygens (including phenoxy) is 1. The van der Waals surface area contributed by atoms with Crippen LogP contribution in [0.4, 0.5) is 0 Å². The molecule has 4 heterocycles. The minimum absolute atomic E-state index is 0.0797. The molecule has 118 valence electrons. The van der Waals surface area contributed by atoms with Crippen molar-refractivity contribution < 1.29 is 13.9 Å². The van der Waals surface area contributed by atoms with Crippen molar-refractivity contribution in [2.45, 2.75) is 37.6 Å². The van der Waals surface area contributed by atoms with Gasteiger partial charge in [-0.05, 0) is 33.0 Å². The zero-order valence-electron chi connectivity index (χ0n) is 13.4. The largest absolute Gasteiger partial charge is 0.467 e. The van der Waals surface area contributed by atoms with Crippen molar-refractivity contribution in [1.82, 2.24) is 9.80 Å². The molecule has 0 spiro atoms. The maximum absolute atomic E-state index is 12.9. The second-order valence-corrected chi connectivity index (χ2v) is 7.05. The van der Waals surface area contributed by atoms with Gasteiger partial charge in [-0.3, -0.25) is 9.69 Å². The molecule has 5 atom stereocenters. The van der Waals surface area contributed by atoms with E-state index in [4.69, 9.17) is 9.15 Å². The predicted molar refractivity (Wildman–Crippen MR) is 81.2 cm³/mol. The molecule has 4 rings (SSSR count). The van der Waals surface area contributed by atoms with E-state index in [0.29, 0.717) is 0 Å². The fraction of sp³-hybridized carbons (Fsp3) is 0.588.